The summed E-state index contributed by atoms with van der Waals surface area (Å²) in [6, 6.07) is 9.76. The fourth-order valence-corrected chi connectivity index (χ4v) is 2.94. The molecule has 1 aromatic rings. The van der Waals surface area contributed by atoms with E-state index in [1.807, 2.05) is 35.2 Å². The lowest BCUT2D eigenvalue weighted by atomic mass is 9.99. The fourth-order valence-electron chi connectivity index (χ4n) is 2.94. The summed E-state index contributed by atoms with van der Waals surface area (Å²) in [7, 11) is 0. The molecule has 2 atom stereocenters. The summed E-state index contributed by atoms with van der Waals surface area (Å²) < 4.78 is 0. The molecule has 1 aromatic carbocycles. The highest BCUT2D eigenvalue weighted by Gasteiger charge is 2.26. The van der Waals surface area contributed by atoms with Crippen LogP contribution in [0, 0.1) is 0 Å². The van der Waals surface area contributed by atoms with Gasteiger partial charge in [0, 0.05) is 19.5 Å². The van der Waals surface area contributed by atoms with Crippen LogP contribution < -0.4 is 5.32 Å². The first-order valence-electron chi connectivity index (χ1n) is 7.69. The van der Waals surface area contributed by atoms with Crippen LogP contribution in [0.15, 0.2) is 30.3 Å². The quantitative estimate of drug-likeness (QED) is 0.926. The maximum atomic E-state index is 12.5. The Morgan fingerprint density at radius 1 is 1.29 bits per heavy atom. The van der Waals surface area contributed by atoms with Crippen molar-refractivity contribution in [3.8, 4) is 0 Å². The summed E-state index contributed by atoms with van der Waals surface area (Å²) in [5.41, 5.74) is 0.978. The average molecular weight is 288 g/mol. The number of carbonyl (C=O) groups excluding carboxylic acids is 2. The van der Waals surface area contributed by atoms with E-state index in [-0.39, 0.29) is 17.9 Å². The molecule has 114 valence electrons. The van der Waals surface area contributed by atoms with Crippen LogP contribution in [0.4, 0.5) is 0 Å². The number of hydrogen-bond donors (Lipinski definition) is 1. The molecule has 0 aromatic heterocycles. The minimum absolute atomic E-state index is 0.108. The Balaban J connectivity index is 2.07. The predicted octanol–water partition coefficient (Wildman–Crippen LogP) is 2.65. The topological polar surface area (TPSA) is 49.4 Å². The lowest BCUT2D eigenvalue weighted by molar-refractivity contribution is -0.135. The van der Waals surface area contributed by atoms with Crippen LogP contribution in [0.1, 0.15) is 51.1 Å². The molecule has 1 saturated heterocycles. The van der Waals surface area contributed by atoms with Gasteiger partial charge in [0.2, 0.25) is 11.8 Å². The lowest BCUT2D eigenvalue weighted by Gasteiger charge is -2.34. The van der Waals surface area contributed by atoms with Gasteiger partial charge in [0.05, 0.1) is 12.5 Å². The second-order valence-electron chi connectivity index (χ2n) is 5.80. The molecule has 2 amide bonds. The first-order chi connectivity index (χ1) is 10.1. The van der Waals surface area contributed by atoms with Crippen LogP contribution in [0.3, 0.4) is 0 Å². The zero-order valence-electron chi connectivity index (χ0n) is 12.8. The fraction of sp³-hybridized carbons (Fsp3) is 0.529. The molecule has 2 rings (SSSR count). The van der Waals surface area contributed by atoms with Gasteiger partial charge in [0.1, 0.15) is 0 Å². The van der Waals surface area contributed by atoms with Crippen LogP contribution >= 0.6 is 0 Å². The molecule has 0 aliphatic carbocycles. The van der Waals surface area contributed by atoms with Crippen molar-refractivity contribution >= 4 is 11.8 Å². The number of hydrogen-bond acceptors (Lipinski definition) is 2. The van der Waals surface area contributed by atoms with E-state index in [4.69, 9.17) is 0 Å². The van der Waals surface area contributed by atoms with Gasteiger partial charge in [0.25, 0.3) is 0 Å². The minimum atomic E-state index is -0.245. The molecule has 4 heteroatoms. The molecule has 0 saturated carbocycles. The Labute approximate surface area is 126 Å². The van der Waals surface area contributed by atoms with Crippen molar-refractivity contribution in [2.45, 2.75) is 51.6 Å². The number of likely N-dealkylation sites (tertiary alicyclic amines) is 1. The molecule has 1 aliphatic rings. The van der Waals surface area contributed by atoms with Gasteiger partial charge in [-0.15, -0.1) is 0 Å². The zero-order valence-corrected chi connectivity index (χ0v) is 12.8. The van der Waals surface area contributed by atoms with E-state index in [9.17, 15) is 9.59 Å². The van der Waals surface area contributed by atoms with Gasteiger partial charge in [0.15, 0.2) is 0 Å². The van der Waals surface area contributed by atoms with Gasteiger partial charge in [-0.2, -0.15) is 0 Å². The van der Waals surface area contributed by atoms with Crippen LogP contribution in [-0.2, 0) is 9.59 Å². The second kappa shape index (κ2) is 7.25. The SMILES string of the molecule is CC(=O)N[C@@H](CC(=O)N1CCCC[C@H]1C)c1ccccc1. The van der Waals surface area contributed by atoms with Crippen molar-refractivity contribution in [2.24, 2.45) is 0 Å². The summed E-state index contributed by atoms with van der Waals surface area (Å²) in [4.78, 5) is 25.9. The standard InChI is InChI=1S/C17H24N2O2/c1-13-8-6-7-11-19(13)17(21)12-16(18-14(2)20)15-9-4-3-5-10-15/h3-5,9-10,13,16H,6-8,11-12H2,1-2H3,(H,18,20)/t13-,16+/m1/s1. The van der Waals surface area contributed by atoms with Crippen molar-refractivity contribution in [2.75, 3.05) is 6.54 Å². The lowest BCUT2D eigenvalue weighted by Crippen LogP contribution is -2.43. The van der Waals surface area contributed by atoms with E-state index in [1.54, 1.807) is 0 Å². The van der Waals surface area contributed by atoms with Gasteiger partial charge >= 0.3 is 0 Å². The predicted molar refractivity (Wildman–Crippen MR) is 82.6 cm³/mol. The molecule has 1 heterocycles. The average Bonchev–Trinajstić information content (AvgIpc) is 2.47. The van der Waals surface area contributed by atoms with Crippen LogP contribution in [0.5, 0.6) is 0 Å². The van der Waals surface area contributed by atoms with Crippen molar-refractivity contribution in [1.29, 1.82) is 0 Å². The Morgan fingerprint density at radius 3 is 2.62 bits per heavy atom. The summed E-state index contributed by atoms with van der Waals surface area (Å²) >= 11 is 0. The van der Waals surface area contributed by atoms with Crippen LogP contribution in [-0.4, -0.2) is 29.3 Å². The molecule has 1 fully saturated rings. The van der Waals surface area contributed by atoms with Crippen LogP contribution in [0.25, 0.3) is 0 Å². The van der Waals surface area contributed by atoms with Crippen LogP contribution in [0.2, 0.25) is 0 Å². The Morgan fingerprint density at radius 2 is 2.00 bits per heavy atom. The third kappa shape index (κ3) is 4.31. The van der Waals surface area contributed by atoms with Gasteiger partial charge in [-0.25, -0.2) is 0 Å². The molecule has 0 bridgehead atoms. The summed E-state index contributed by atoms with van der Waals surface area (Å²) in [6.07, 6.45) is 3.67. The van der Waals surface area contributed by atoms with Gasteiger partial charge in [-0.1, -0.05) is 30.3 Å². The van der Waals surface area contributed by atoms with Crippen molar-refractivity contribution in [1.82, 2.24) is 10.2 Å². The molecular weight excluding hydrogens is 264 g/mol. The number of piperidine rings is 1. The summed E-state index contributed by atoms with van der Waals surface area (Å²) in [5.74, 6) is 0.0214. The molecular formula is C17H24N2O2. The van der Waals surface area contributed by atoms with Gasteiger partial charge in [-0.3, -0.25) is 9.59 Å². The largest absolute Gasteiger partial charge is 0.349 e. The molecule has 0 spiro atoms. The van der Waals surface area contributed by atoms with E-state index in [0.717, 1.165) is 24.9 Å². The Bertz CT molecular complexity index is 487. The second-order valence-corrected chi connectivity index (χ2v) is 5.80. The highest BCUT2D eigenvalue weighted by atomic mass is 16.2. The van der Waals surface area contributed by atoms with Crippen molar-refractivity contribution < 1.29 is 9.59 Å². The van der Waals surface area contributed by atoms with Crippen molar-refractivity contribution in [3.63, 3.8) is 0 Å². The number of rotatable bonds is 4. The third-order valence-electron chi connectivity index (χ3n) is 4.08. The molecule has 1 aliphatic heterocycles. The summed E-state index contributed by atoms with van der Waals surface area (Å²) in [5, 5.41) is 2.89. The Kier molecular flexibility index (Phi) is 5.37. The Hall–Kier alpha value is -1.84. The van der Waals surface area contributed by atoms with Gasteiger partial charge < -0.3 is 10.2 Å². The smallest absolute Gasteiger partial charge is 0.225 e. The first-order valence-corrected chi connectivity index (χ1v) is 7.69. The zero-order chi connectivity index (χ0) is 15.2. The maximum absolute atomic E-state index is 12.5. The molecule has 0 radical (unpaired) electrons. The monoisotopic (exact) mass is 288 g/mol. The number of nitrogens with one attached hydrogen (secondary N) is 1. The van der Waals surface area contributed by atoms with E-state index in [0.29, 0.717) is 12.5 Å². The number of benzene rings is 1. The molecule has 4 nitrogen and oxygen atoms in total. The minimum Gasteiger partial charge on any atom is -0.349 e. The van der Waals surface area contributed by atoms with E-state index >= 15 is 0 Å². The number of carbonyl (C=O) groups is 2. The van der Waals surface area contributed by atoms with Gasteiger partial charge in [-0.05, 0) is 31.7 Å². The first kappa shape index (κ1) is 15.5. The van der Waals surface area contributed by atoms with E-state index < -0.39 is 0 Å². The summed E-state index contributed by atoms with van der Waals surface area (Å²) in [6.45, 7) is 4.43. The van der Waals surface area contributed by atoms with Crippen molar-refractivity contribution in [3.05, 3.63) is 35.9 Å². The third-order valence-corrected chi connectivity index (χ3v) is 4.08. The highest BCUT2D eigenvalue weighted by Crippen LogP contribution is 2.22. The molecule has 21 heavy (non-hydrogen) atoms. The highest BCUT2D eigenvalue weighted by molar-refractivity contribution is 5.79. The number of nitrogens with zero attached hydrogens (tertiary/aromatic N) is 1. The van der Waals surface area contributed by atoms with E-state index in [1.165, 1.54) is 13.3 Å². The molecule has 0 unspecified atom stereocenters. The molecule has 1 N–H and O–H groups in total. The maximum Gasteiger partial charge on any atom is 0.225 e. The van der Waals surface area contributed by atoms with E-state index in [2.05, 4.69) is 12.2 Å². The number of amides is 2. The normalized spacial score (nSPS) is 19.9.